The summed E-state index contributed by atoms with van der Waals surface area (Å²) in [5, 5.41) is 2.85. The van der Waals surface area contributed by atoms with Crippen LogP contribution in [0.1, 0.15) is 12.5 Å². The predicted octanol–water partition coefficient (Wildman–Crippen LogP) is 3.05. The summed E-state index contributed by atoms with van der Waals surface area (Å²) >= 11 is 0. The van der Waals surface area contributed by atoms with Gasteiger partial charge in [-0.05, 0) is 42.8 Å². The van der Waals surface area contributed by atoms with Crippen molar-refractivity contribution < 1.29 is 9.59 Å². The van der Waals surface area contributed by atoms with E-state index in [1.165, 1.54) is 11.8 Å². The summed E-state index contributed by atoms with van der Waals surface area (Å²) in [6.45, 7) is 3.37. The van der Waals surface area contributed by atoms with E-state index in [-0.39, 0.29) is 18.4 Å². The number of amides is 2. The molecule has 2 rings (SSSR count). The largest absolute Gasteiger partial charge is 0.378 e. The highest BCUT2D eigenvalue weighted by Crippen LogP contribution is 2.20. The van der Waals surface area contributed by atoms with Gasteiger partial charge in [0.2, 0.25) is 11.8 Å². The van der Waals surface area contributed by atoms with Crippen molar-refractivity contribution in [3.05, 3.63) is 54.1 Å². The molecule has 0 heterocycles. The molecule has 0 unspecified atom stereocenters. The normalized spacial score (nSPS) is 10.2. The number of carbonyl (C=O) groups is 2. The van der Waals surface area contributed by atoms with Gasteiger partial charge in [0.05, 0.1) is 0 Å². The monoisotopic (exact) mass is 325 g/mol. The molecule has 0 saturated carbocycles. The Morgan fingerprint density at radius 3 is 2.08 bits per heavy atom. The second-order valence-corrected chi connectivity index (χ2v) is 5.88. The quantitative estimate of drug-likeness (QED) is 0.919. The lowest BCUT2D eigenvalue weighted by Gasteiger charge is -2.22. The van der Waals surface area contributed by atoms with Gasteiger partial charge in [0.25, 0.3) is 0 Å². The third kappa shape index (κ3) is 4.35. The van der Waals surface area contributed by atoms with Gasteiger partial charge in [0, 0.05) is 38.1 Å². The lowest BCUT2D eigenvalue weighted by atomic mass is 10.2. The minimum Gasteiger partial charge on any atom is -0.378 e. The summed E-state index contributed by atoms with van der Waals surface area (Å²) in [4.78, 5) is 27.7. The maximum Gasteiger partial charge on any atom is 0.244 e. The average Bonchev–Trinajstić information content (AvgIpc) is 2.54. The first-order valence-electron chi connectivity index (χ1n) is 7.79. The smallest absolute Gasteiger partial charge is 0.244 e. The van der Waals surface area contributed by atoms with Crippen LogP contribution in [0.15, 0.2) is 48.5 Å². The lowest BCUT2D eigenvalue weighted by molar-refractivity contribution is -0.120. The number of rotatable bonds is 5. The molecular weight excluding hydrogens is 302 g/mol. The highest BCUT2D eigenvalue weighted by atomic mass is 16.2. The summed E-state index contributed by atoms with van der Waals surface area (Å²) in [7, 11) is 3.90. The number of benzene rings is 2. The van der Waals surface area contributed by atoms with Crippen LogP contribution in [-0.4, -0.2) is 32.5 Å². The van der Waals surface area contributed by atoms with Crippen LogP contribution >= 0.6 is 0 Å². The number of para-hydroxylation sites is 1. The van der Waals surface area contributed by atoms with E-state index in [0.717, 1.165) is 16.9 Å². The molecular formula is C19H23N3O2. The van der Waals surface area contributed by atoms with E-state index < -0.39 is 0 Å². The molecule has 0 radical (unpaired) electrons. The van der Waals surface area contributed by atoms with E-state index in [9.17, 15) is 9.59 Å². The maximum absolute atomic E-state index is 12.3. The Morgan fingerprint density at radius 2 is 1.54 bits per heavy atom. The molecule has 5 heteroatoms. The van der Waals surface area contributed by atoms with Crippen LogP contribution in [0.2, 0.25) is 0 Å². The maximum atomic E-state index is 12.3. The first kappa shape index (κ1) is 17.5. The zero-order valence-electron chi connectivity index (χ0n) is 14.5. The molecule has 0 bridgehead atoms. The first-order valence-corrected chi connectivity index (χ1v) is 7.79. The number of nitrogens with one attached hydrogen (secondary N) is 1. The molecule has 126 valence electrons. The van der Waals surface area contributed by atoms with E-state index in [2.05, 4.69) is 5.32 Å². The van der Waals surface area contributed by atoms with Crippen LogP contribution in [0.3, 0.4) is 0 Å². The Morgan fingerprint density at radius 1 is 0.958 bits per heavy atom. The average molecular weight is 325 g/mol. The zero-order valence-corrected chi connectivity index (χ0v) is 14.5. The van der Waals surface area contributed by atoms with Gasteiger partial charge in [-0.2, -0.15) is 0 Å². The standard InChI is InChI=1S/C19H23N3O2/c1-14-7-5-6-8-18(14)20-19(24)13-22(15(2)23)17-11-9-16(10-12-17)21(3)4/h5-12H,13H2,1-4H3,(H,20,24). The Balaban J connectivity index is 2.12. The highest BCUT2D eigenvalue weighted by Gasteiger charge is 2.16. The third-order valence-electron chi connectivity index (χ3n) is 3.78. The van der Waals surface area contributed by atoms with E-state index in [0.29, 0.717) is 5.69 Å². The Labute approximate surface area is 142 Å². The molecule has 2 aromatic carbocycles. The zero-order chi connectivity index (χ0) is 17.7. The van der Waals surface area contributed by atoms with E-state index in [4.69, 9.17) is 0 Å². The summed E-state index contributed by atoms with van der Waals surface area (Å²) < 4.78 is 0. The second-order valence-electron chi connectivity index (χ2n) is 5.88. The van der Waals surface area contributed by atoms with Gasteiger partial charge in [0.1, 0.15) is 6.54 Å². The summed E-state index contributed by atoms with van der Waals surface area (Å²) in [6.07, 6.45) is 0. The molecule has 1 N–H and O–H groups in total. The van der Waals surface area contributed by atoms with Crippen molar-refractivity contribution in [1.82, 2.24) is 0 Å². The minimum absolute atomic E-state index is 0.0228. The van der Waals surface area contributed by atoms with Crippen LogP contribution in [0.25, 0.3) is 0 Å². The molecule has 0 aromatic heterocycles. The summed E-state index contributed by atoms with van der Waals surface area (Å²) in [5.41, 5.74) is 3.48. The SMILES string of the molecule is CC(=O)N(CC(=O)Nc1ccccc1C)c1ccc(N(C)C)cc1. The van der Waals surface area contributed by atoms with Gasteiger partial charge < -0.3 is 15.1 Å². The van der Waals surface area contributed by atoms with Gasteiger partial charge >= 0.3 is 0 Å². The number of anilines is 3. The number of hydrogen-bond acceptors (Lipinski definition) is 3. The molecule has 0 aliphatic rings. The molecule has 5 nitrogen and oxygen atoms in total. The third-order valence-corrected chi connectivity index (χ3v) is 3.78. The number of hydrogen-bond donors (Lipinski definition) is 1. The van der Waals surface area contributed by atoms with Gasteiger partial charge in [-0.25, -0.2) is 0 Å². The molecule has 2 aromatic rings. The van der Waals surface area contributed by atoms with Crippen molar-refractivity contribution in [2.45, 2.75) is 13.8 Å². The molecule has 0 fully saturated rings. The number of nitrogens with zero attached hydrogens (tertiary/aromatic N) is 2. The van der Waals surface area contributed by atoms with E-state index in [1.54, 1.807) is 0 Å². The predicted molar refractivity (Wildman–Crippen MR) is 98.6 cm³/mol. The van der Waals surface area contributed by atoms with Crippen LogP contribution in [0, 0.1) is 6.92 Å². The van der Waals surface area contributed by atoms with Crippen molar-refractivity contribution in [2.75, 3.05) is 35.8 Å². The van der Waals surface area contributed by atoms with E-state index >= 15 is 0 Å². The fourth-order valence-electron chi connectivity index (χ4n) is 2.36. The van der Waals surface area contributed by atoms with Gasteiger partial charge in [-0.15, -0.1) is 0 Å². The Bertz CT molecular complexity index is 724. The molecule has 0 aliphatic heterocycles. The highest BCUT2D eigenvalue weighted by molar-refractivity contribution is 6.02. The van der Waals surface area contributed by atoms with Crippen molar-refractivity contribution in [3.63, 3.8) is 0 Å². The first-order chi connectivity index (χ1) is 11.4. The molecule has 2 amide bonds. The molecule has 24 heavy (non-hydrogen) atoms. The van der Waals surface area contributed by atoms with Crippen molar-refractivity contribution in [3.8, 4) is 0 Å². The number of aryl methyl sites for hydroxylation is 1. The van der Waals surface area contributed by atoms with Crippen LogP contribution in [-0.2, 0) is 9.59 Å². The van der Waals surface area contributed by atoms with E-state index in [1.807, 2.05) is 74.4 Å². The second kappa shape index (κ2) is 7.64. The number of carbonyl (C=O) groups excluding carboxylic acids is 2. The fraction of sp³-hybridized carbons (Fsp3) is 0.263. The Kier molecular flexibility index (Phi) is 5.58. The summed E-state index contributed by atoms with van der Waals surface area (Å²) in [5.74, 6) is -0.399. The van der Waals surface area contributed by atoms with Crippen molar-refractivity contribution >= 4 is 28.9 Å². The van der Waals surface area contributed by atoms with Gasteiger partial charge in [-0.3, -0.25) is 9.59 Å². The van der Waals surface area contributed by atoms with Crippen LogP contribution in [0.4, 0.5) is 17.1 Å². The van der Waals surface area contributed by atoms with Gasteiger partial charge in [0.15, 0.2) is 0 Å². The summed E-state index contributed by atoms with van der Waals surface area (Å²) in [6, 6.07) is 15.1. The lowest BCUT2D eigenvalue weighted by Crippen LogP contribution is -2.36. The van der Waals surface area contributed by atoms with Crippen LogP contribution < -0.4 is 15.1 Å². The molecule has 0 spiro atoms. The topological polar surface area (TPSA) is 52.7 Å². The van der Waals surface area contributed by atoms with Gasteiger partial charge in [-0.1, -0.05) is 18.2 Å². The van der Waals surface area contributed by atoms with Crippen LogP contribution in [0.5, 0.6) is 0 Å². The molecule has 0 saturated heterocycles. The minimum atomic E-state index is -0.226. The molecule has 0 aliphatic carbocycles. The fourth-order valence-corrected chi connectivity index (χ4v) is 2.36. The Hall–Kier alpha value is -2.82. The molecule has 0 atom stereocenters. The van der Waals surface area contributed by atoms with Crippen molar-refractivity contribution in [1.29, 1.82) is 0 Å². The van der Waals surface area contributed by atoms with Crippen molar-refractivity contribution in [2.24, 2.45) is 0 Å².